The van der Waals surface area contributed by atoms with Gasteiger partial charge in [-0.05, 0) is 39.5 Å². The number of allylic oxidation sites excluding steroid dienone is 1. The molecule has 0 aliphatic rings. The molecule has 16 heavy (non-hydrogen) atoms. The number of ether oxygens (including phenoxy) is 2. The van der Waals surface area contributed by atoms with Gasteiger partial charge in [-0.3, -0.25) is 0 Å². The van der Waals surface area contributed by atoms with Gasteiger partial charge < -0.3 is 9.47 Å². The van der Waals surface area contributed by atoms with Crippen LogP contribution in [0.15, 0.2) is 22.7 Å². The smallest absolute Gasteiger partial charge is 0.137 e. The summed E-state index contributed by atoms with van der Waals surface area (Å²) in [5, 5.41) is 0. The fraction of sp³-hybridized carbons (Fsp3) is 0.385. The van der Waals surface area contributed by atoms with Gasteiger partial charge in [0.1, 0.15) is 16.0 Å². The maximum absolute atomic E-state index is 5.27. The molecule has 88 valence electrons. The minimum atomic E-state index is 0.528. The van der Waals surface area contributed by atoms with E-state index in [9.17, 15) is 0 Å². The van der Waals surface area contributed by atoms with Gasteiger partial charge in [0.15, 0.2) is 0 Å². The molecule has 0 radical (unpaired) electrons. The van der Waals surface area contributed by atoms with Gasteiger partial charge in [0.05, 0.1) is 14.2 Å². The van der Waals surface area contributed by atoms with E-state index in [4.69, 9.17) is 9.47 Å². The monoisotopic (exact) mass is 284 g/mol. The molecular formula is C13H17BrO2. The van der Waals surface area contributed by atoms with E-state index in [2.05, 4.69) is 41.9 Å². The van der Waals surface area contributed by atoms with Crippen LogP contribution in [-0.2, 0) is 0 Å². The quantitative estimate of drug-likeness (QED) is 0.828. The Morgan fingerprint density at radius 1 is 1.12 bits per heavy atom. The Hall–Kier alpha value is -0.960. The SMILES string of the molecule is COc1cc(C=CC(C)C)cc(OC)c1Br. The van der Waals surface area contributed by atoms with Crippen molar-refractivity contribution in [3.8, 4) is 11.5 Å². The highest BCUT2D eigenvalue weighted by Crippen LogP contribution is 2.35. The first-order valence-electron chi connectivity index (χ1n) is 5.18. The molecule has 0 saturated heterocycles. The Morgan fingerprint density at radius 2 is 1.62 bits per heavy atom. The molecule has 0 unspecified atom stereocenters. The Kier molecular flexibility index (Phi) is 4.87. The molecule has 0 N–H and O–H groups in total. The fourth-order valence-electron chi connectivity index (χ4n) is 1.29. The van der Waals surface area contributed by atoms with E-state index in [0.29, 0.717) is 5.92 Å². The Morgan fingerprint density at radius 3 is 2.00 bits per heavy atom. The zero-order chi connectivity index (χ0) is 12.1. The van der Waals surface area contributed by atoms with Crippen molar-refractivity contribution in [2.75, 3.05) is 14.2 Å². The highest BCUT2D eigenvalue weighted by Gasteiger charge is 2.08. The van der Waals surface area contributed by atoms with Gasteiger partial charge in [-0.25, -0.2) is 0 Å². The van der Waals surface area contributed by atoms with Crippen LogP contribution in [0.5, 0.6) is 11.5 Å². The molecule has 0 aliphatic heterocycles. The lowest BCUT2D eigenvalue weighted by Crippen LogP contribution is -1.91. The van der Waals surface area contributed by atoms with Crippen molar-refractivity contribution in [1.82, 2.24) is 0 Å². The molecular weight excluding hydrogens is 268 g/mol. The lowest BCUT2D eigenvalue weighted by atomic mass is 10.1. The van der Waals surface area contributed by atoms with Crippen molar-refractivity contribution < 1.29 is 9.47 Å². The molecule has 0 spiro atoms. The van der Waals surface area contributed by atoms with Gasteiger partial charge in [-0.1, -0.05) is 26.0 Å². The number of methoxy groups -OCH3 is 2. The number of hydrogen-bond acceptors (Lipinski definition) is 2. The summed E-state index contributed by atoms with van der Waals surface area (Å²) < 4.78 is 11.4. The largest absolute Gasteiger partial charge is 0.495 e. The fourth-order valence-corrected chi connectivity index (χ4v) is 1.84. The standard InChI is InChI=1S/C13H17BrO2/c1-9(2)5-6-10-7-11(15-3)13(14)12(8-10)16-4/h5-9H,1-4H3. The van der Waals surface area contributed by atoms with Crippen molar-refractivity contribution in [2.45, 2.75) is 13.8 Å². The summed E-state index contributed by atoms with van der Waals surface area (Å²) in [5.41, 5.74) is 1.07. The summed E-state index contributed by atoms with van der Waals surface area (Å²) in [6.07, 6.45) is 4.21. The normalized spacial score (nSPS) is 11.1. The molecule has 0 aromatic heterocycles. The average molecular weight is 285 g/mol. The third-order valence-corrected chi connectivity index (χ3v) is 2.92. The van der Waals surface area contributed by atoms with Crippen LogP contribution in [0.1, 0.15) is 19.4 Å². The number of rotatable bonds is 4. The average Bonchev–Trinajstić information content (AvgIpc) is 2.27. The van der Waals surface area contributed by atoms with Crippen LogP contribution in [0.4, 0.5) is 0 Å². The van der Waals surface area contributed by atoms with Gasteiger partial charge in [-0.2, -0.15) is 0 Å². The van der Waals surface area contributed by atoms with Crippen molar-refractivity contribution in [3.63, 3.8) is 0 Å². The van der Waals surface area contributed by atoms with E-state index >= 15 is 0 Å². The van der Waals surface area contributed by atoms with E-state index in [0.717, 1.165) is 21.5 Å². The molecule has 2 nitrogen and oxygen atoms in total. The van der Waals surface area contributed by atoms with Crippen molar-refractivity contribution in [3.05, 3.63) is 28.2 Å². The summed E-state index contributed by atoms with van der Waals surface area (Å²) in [5.74, 6) is 2.09. The second-order valence-electron chi connectivity index (χ2n) is 3.84. The molecule has 0 heterocycles. The molecule has 0 saturated carbocycles. The van der Waals surface area contributed by atoms with Gasteiger partial charge in [-0.15, -0.1) is 0 Å². The van der Waals surface area contributed by atoms with E-state index in [1.165, 1.54) is 0 Å². The third-order valence-electron chi connectivity index (χ3n) is 2.14. The zero-order valence-corrected chi connectivity index (χ0v) is 11.7. The van der Waals surface area contributed by atoms with Gasteiger partial charge in [0, 0.05) is 0 Å². The summed E-state index contributed by atoms with van der Waals surface area (Å²) in [6.45, 7) is 4.29. The first-order valence-corrected chi connectivity index (χ1v) is 5.97. The lowest BCUT2D eigenvalue weighted by molar-refractivity contribution is 0.389. The van der Waals surface area contributed by atoms with E-state index in [1.807, 2.05) is 12.1 Å². The van der Waals surface area contributed by atoms with E-state index in [-0.39, 0.29) is 0 Å². The van der Waals surface area contributed by atoms with Crippen LogP contribution in [0.2, 0.25) is 0 Å². The molecule has 3 heteroatoms. The number of halogens is 1. The number of hydrogen-bond donors (Lipinski definition) is 0. The predicted molar refractivity (Wildman–Crippen MR) is 71.1 cm³/mol. The van der Waals surface area contributed by atoms with Gasteiger partial charge in [0.2, 0.25) is 0 Å². The number of benzene rings is 1. The molecule has 1 aromatic rings. The topological polar surface area (TPSA) is 18.5 Å². The van der Waals surface area contributed by atoms with Crippen LogP contribution in [0.3, 0.4) is 0 Å². The summed E-state index contributed by atoms with van der Waals surface area (Å²) >= 11 is 3.44. The second-order valence-corrected chi connectivity index (χ2v) is 4.64. The summed E-state index contributed by atoms with van der Waals surface area (Å²) in [7, 11) is 3.30. The molecule has 1 rings (SSSR count). The van der Waals surface area contributed by atoms with Crippen molar-refractivity contribution in [2.24, 2.45) is 5.92 Å². The van der Waals surface area contributed by atoms with Gasteiger partial charge in [0.25, 0.3) is 0 Å². The van der Waals surface area contributed by atoms with Crippen molar-refractivity contribution >= 4 is 22.0 Å². The molecule has 0 bridgehead atoms. The van der Waals surface area contributed by atoms with Crippen molar-refractivity contribution in [1.29, 1.82) is 0 Å². The summed E-state index contributed by atoms with van der Waals surface area (Å²) in [6, 6.07) is 3.96. The minimum absolute atomic E-state index is 0.528. The first-order chi connectivity index (χ1) is 7.58. The highest BCUT2D eigenvalue weighted by atomic mass is 79.9. The Balaban J connectivity index is 3.12. The molecule has 0 aliphatic carbocycles. The van der Waals surface area contributed by atoms with Crippen LogP contribution in [0.25, 0.3) is 6.08 Å². The van der Waals surface area contributed by atoms with E-state index in [1.54, 1.807) is 14.2 Å². The van der Waals surface area contributed by atoms with Crippen LogP contribution < -0.4 is 9.47 Å². The first kappa shape index (κ1) is 13.1. The van der Waals surface area contributed by atoms with Crippen LogP contribution >= 0.6 is 15.9 Å². The maximum Gasteiger partial charge on any atom is 0.137 e. The third kappa shape index (κ3) is 3.27. The highest BCUT2D eigenvalue weighted by molar-refractivity contribution is 9.10. The molecule has 0 fully saturated rings. The zero-order valence-electron chi connectivity index (χ0n) is 10.1. The predicted octanol–water partition coefficient (Wildman–Crippen LogP) is 4.14. The summed E-state index contributed by atoms with van der Waals surface area (Å²) in [4.78, 5) is 0. The lowest BCUT2D eigenvalue weighted by Gasteiger charge is -2.09. The van der Waals surface area contributed by atoms with Crippen LogP contribution in [-0.4, -0.2) is 14.2 Å². The minimum Gasteiger partial charge on any atom is -0.495 e. The molecule has 0 atom stereocenters. The maximum atomic E-state index is 5.27. The second kappa shape index (κ2) is 5.94. The van der Waals surface area contributed by atoms with Crippen LogP contribution in [0, 0.1) is 5.92 Å². The van der Waals surface area contributed by atoms with Gasteiger partial charge >= 0.3 is 0 Å². The molecule has 1 aromatic carbocycles. The van der Waals surface area contributed by atoms with E-state index < -0.39 is 0 Å². The molecule has 0 amide bonds. The Bertz CT molecular complexity index is 359. The Labute approximate surface area is 105 Å².